The van der Waals surface area contributed by atoms with Gasteiger partial charge in [-0.1, -0.05) is 6.07 Å². The molecule has 0 bridgehead atoms. The van der Waals surface area contributed by atoms with Gasteiger partial charge in [-0.2, -0.15) is 5.10 Å². The highest BCUT2D eigenvalue weighted by molar-refractivity contribution is 6.02. The van der Waals surface area contributed by atoms with E-state index < -0.39 is 11.7 Å². The van der Waals surface area contributed by atoms with Crippen LogP contribution in [0.2, 0.25) is 0 Å². The number of aromatic hydroxyl groups is 2. The number of hydrogen-bond donors (Lipinski definition) is 3. The molecule has 21 heavy (non-hydrogen) atoms. The smallest absolute Gasteiger partial charge is 0.271 e. The summed E-state index contributed by atoms with van der Waals surface area (Å²) >= 11 is 0. The second-order valence-corrected chi connectivity index (χ2v) is 4.35. The van der Waals surface area contributed by atoms with E-state index >= 15 is 0 Å². The SMILES string of the molecule is C/C(=N\NC(=O)c1cccc(F)c1)c1ccc(O)cc1O. The highest BCUT2D eigenvalue weighted by Crippen LogP contribution is 2.22. The van der Waals surface area contributed by atoms with Crippen molar-refractivity contribution in [3.8, 4) is 11.5 Å². The number of nitrogens with zero attached hydrogens (tertiary/aromatic N) is 1. The molecule has 0 spiro atoms. The molecular weight excluding hydrogens is 275 g/mol. The van der Waals surface area contributed by atoms with Crippen molar-refractivity contribution in [2.24, 2.45) is 5.10 Å². The Labute approximate surface area is 120 Å². The van der Waals surface area contributed by atoms with Crippen LogP contribution < -0.4 is 5.43 Å². The molecule has 0 atom stereocenters. The minimum atomic E-state index is -0.563. The maximum atomic E-state index is 13.0. The van der Waals surface area contributed by atoms with Gasteiger partial charge in [0.05, 0.1) is 5.71 Å². The Balaban J connectivity index is 2.15. The van der Waals surface area contributed by atoms with Gasteiger partial charge in [0.2, 0.25) is 0 Å². The molecule has 0 unspecified atom stereocenters. The number of halogens is 1. The highest BCUT2D eigenvalue weighted by atomic mass is 19.1. The number of phenolic OH excluding ortho intramolecular Hbond substituents is 2. The summed E-state index contributed by atoms with van der Waals surface area (Å²) in [5, 5.41) is 22.7. The van der Waals surface area contributed by atoms with E-state index in [9.17, 15) is 19.4 Å². The molecule has 2 rings (SSSR count). The molecule has 0 fully saturated rings. The lowest BCUT2D eigenvalue weighted by atomic mass is 10.1. The summed E-state index contributed by atoms with van der Waals surface area (Å²) in [5.41, 5.74) is 3.13. The van der Waals surface area contributed by atoms with Crippen LogP contribution in [0.1, 0.15) is 22.8 Å². The predicted molar refractivity (Wildman–Crippen MR) is 75.8 cm³/mol. The van der Waals surface area contributed by atoms with Crippen molar-refractivity contribution in [2.45, 2.75) is 6.92 Å². The van der Waals surface area contributed by atoms with Crippen molar-refractivity contribution in [1.29, 1.82) is 0 Å². The molecule has 0 heterocycles. The molecule has 2 aromatic rings. The number of benzene rings is 2. The average molecular weight is 288 g/mol. The molecule has 0 aliphatic heterocycles. The van der Waals surface area contributed by atoms with Crippen molar-refractivity contribution in [3.63, 3.8) is 0 Å². The zero-order chi connectivity index (χ0) is 15.4. The first kappa shape index (κ1) is 14.5. The van der Waals surface area contributed by atoms with E-state index in [4.69, 9.17) is 0 Å². The Kier molecular flexibility index (Phi) is 4.18. The van der Waals surface area contributed by atoms with Crippen molar-refractivity contribution in [3.05, 3.63) is 59.4 Å². The summed E-state index contributed by atoms with van der Waals surface area (Å²) in [5.74, 6) is -1.31. The van der Waals surface area contributed by atoms with Gasteiger partial charge in [-0.25, -0.2) is 9.82 Å². The Morgan fingerprint density at radius 1 is 1.19 bits per heavy atom. The van der Waals surface area contributed by atoms with Crippen LogP contribution in [-0.2, 0) is 0 Å². The number of rotatable bonds is 3. The summed E-state index contributed by atoms with van der Waals surface area (Å²) in [4.78, 5) is 11.8. The minimum Gasteiger partial charge on any atom is -0.508 e. The fraction of sp³-hybridized carbons (Fsp3) is 0.0667. The zero-order valence-electron chi connectivity index (χ0n) is 11.2. The third-order valence-electron chi connectivity index (χ3n) is 2.78. The van der Waals surface area contributed by atoms with Gasteiger partial charge in [0.1, 0.15) is 17.3 Å². The lowest BCUT2D eigenvalue weighted by molar-refractivity contribution is 0.0954. The third-order valence-corrected chi connectivity index (χ3v) is 2.78. The van der Waals surface area contributed by atoms with E-state index in [1.807, 2.05) is 0 Å². The molecule has 0 radical (unpaired) electrons. The van der Waals surface area contributed by atoms with Gasteiger partial charge in [-0.3, -0.25) is 4.79 Å². The lowest BCUT2D eigenvalue weighted by Crippen LogP contribution is -2.19. The van der Waals surface area contributed by atoms with Crippen LogP contribution in [0.25, 0.3) is 0 Å². The molecule has 2 aromatic carbocycles. The van der Waals surface area contributed by atoms with E-state index in [-0.39, 0.29) is 17.1 Å². The molecular formula is C15H13FN2O3. The van der Waals surface area contributed by atoms with Crippen LogP contribution in [-0.4, -0.2) is 21.8 Å². The topological polar surface area (TPSA) is 81.9 Å². The normalized spacial score (nSPS) is 11.2. The Bertz CT molecular complexity index is 714. The first-order valence-electron chi connectivity index (χ1n) is 6.10. The van der Waals surface area contributed by atoms with Gasteiger partial charge in [0.25, 0.3) is 5.91 Å². The Hall–Kier alpha value is -2.89. The number of carbonyl (C=O) groups excluding carboxylic acids is 1. The minimum absolute atomic E-state index is 0.0761. The average Bonchev–Trinajstić information content (AvgIpc) is 2.44. The number of hydrazone groups is 1. The van der Waals surface area contributed by atoms with Crippen molar-refractivity contribution in [1.82, 2.24) is 5.43 Å². The summed E-state index contributed by atoms with van der Waals surface area (Å²) in [6.45, 7) is 1.58. The van der Waals surface area contributed by atoms with E-state index in [1.54, 1.807) is 6.92 Å². The van der Waals surface area contributed by atoms with Gasteiger partial charge >= 0.3 is 0 Å². The van der Waals surface area contributed by atoms with E-state index in [0.29, 0.717) is 11.3 Å². The number of hydrogen-bond acceptors (Lipinski definition) is 4. The second kappa shape index (κ2) is 6.04. The summed E-state index contributed by atoms with van der Waals surface area (Å²) < 4.78 is 13.0. The predicted octanol–water partition coefficient (Wildman–Crippen LogP) is 2.39. The molecule has 0 saturated carbocycles. The van der Waals surface area contributed by atoms with Gasteiger partial charge < -0.3 is 10.2 Å². The van der Waals surface area contributed by atoms with Crippen LogP contribution in [0.15, 0.2) is 47.6 Å². The number of amides is 1. The first-order valence-corrected chi connectivity index (χ1v) is 6.10. The van der Waals surface area contributed by atoms with Gasteiger partial charge in [0, 0.05) is 17.2 Å². The van der Waals surface area contributed by atoms with E-state index in [0.717, 1.165) is 6.07 Å². The summed E-state index contributed by atoms with van der Waals surface area (Å²) in [6, 6.07) is 9.25. The molecule has 108 valence electrons. The Morgan fingerprint density at radius 3 is 2.62 bits per heavy atom. The molecule has 3 N–H and O–H groups in total. The van der Waals surface area contributed by atoms with E-state index in [2.05, 4.69) is 10.5 Å². The zero-order valence-corrected chi connectivity index (χ0v) is 11.2. The molecule has 0 aliphatic carbocycles. The quantitative estimate of drug-likeness (QED) is 0.599. The maximum absolute atomic E-state index is 13.0. The van der Waals surface area contributed by atoms with Crippen LogP contribution in [0.3, 0.4) is 0 Å². The van der Waals surface area contributed by atoms with Crippen molar-refractivity contribution in [2.75, 3.05) is 0 Å². The van der Waals surface area contributed by atoms with Gasteiger partial charge in [-0.15, -0.1) is 0 Å². The lowest BCUT2D eigenvalue weighted by Gasteiger charge is -2.05. The summed E-state index contributed by atoms with van der Waals surface area (Å²) in [7, 11) is 0. The van der Waals surface area contributed by atoms with Crippen LogP contribution in [0.4, 0.5) is 4.39 Å². The van der Waals surface area contributed by atoms with Crippen molar-refractivity contribution < 1.29 is 19.4 Å². The highest BCUT2D eigenvalue weighted by Gasteiger charge is 2.08. The Morgan fingerprint density at radius 2 is 1.95 bits per heavy atom. The molecule has 0 aliphatic rings. The molecule has 0 saturated heterocycles. The number of carbonyl (C=O) groups is 1. The third kappa shape index (κ3) is 3.56. The summed E-state index contributed by atoms with van der Waals surface area (Å²) in [6.07, 6.45) is 0. The van der Waals surface area contributed by atoms with Crippen LogP contribution in [0.5, 0.6) is 11.5 Å². The van der Waals surface area contributed by atoms with Crippen LogP contribution >= 0.6 is 0 Å². The fourth-order valence-electron chi connectivity index (χ4n) is 1.72. The van der Waals surface area contributed by atoms with Crippen molar-refractivity contribution >= 4 is 11.6 Å². The maximum Gasteiger partial charge on any atom is 0.271 e. The fourth-order valence-corrected chi connectivity index (χ4v) is 1.72. The van der Waals surface area contributed by atoms with Gasteiger partial charge in [0.15, 0.2) is 0 Å². The molecule has 5 nitrogen and oxygen atoms in total. The largest absolute Gasteiger partial charge is 0.508 e. The molecule has 6 heteroatoms. The second-order valence-electron chi connectivity index (χ2n) is 4.35. The number of phenols is 2. The van der Waals surface area contributed by atoms with Gasteiger partial charge in [-0.05, 0) is 37.3 Å². The van der Waals surface area contributed by atoms with Crippen LogP contribution in [0, 0.1) is 5.82 Å². The molecule has 1 amide bonds. The first-order chi connectivity index (χ1) is 9.97. The standard InChI is InChI=1S/C15H13FN2O3/c1-9(13-6-5-12(19)8-14(13)20)17-18-15(21)10-3-2-4-11(16)7-10/h2-8,19-20H,1H3,(H,18,21)/b17-9+. The van der Waals surface area contributed by atoms with E-state index in [1.165, 1.54) is 36.4 Å². The molecule has 0 aromatic heterocycles. The monoisotopic (exact) mass is 288 g/mol. The number of nitrogens with one attached hydrogen (secondary N) is 1.